The van der Waals surface area contributed by atoms with Crippen LogP contribution in [0.1, 0.15) is 5.56 Å². The van der Waals surface area contributed by atoms with Crippen molar-refractivity contribution in [2.45, 2.75) is 0 Å². The van der Waals surface area contributed by atoms with Crippen LogP contribution >= 0.6 is 0 Å². The molecule has 20 heavy (non-hydrogen) atoms. The molecule has 0 atom stereocenters. The molecule has 0 bridgehead atoms. The van der Waals surface area contributed by atoms with E-state index in [1.54, 1.807) is 18.5 Å². The first kappa shape index (κ1) is 12.2. The minimum atomic E-state index is -0.0392. The predicted octanol–water partition coefficient (Wildman–Crippen LogP) is 3.31. The molecule has 0 unspecified atom stereocenters. The Morgan fingerprint density at radius 3 is 2.65 bits per heavy atom. The van der Waals surface area contributed by atoms with Gasteiger partial charge in [0, 0.05) is 11.6 Å². The molecule has 2 aromatic carbocycles. The highest BCUT2D eigenvalue weighted by Gasteiger charge is 2.09. The number of rotatable bonds is 3. The van der Waals surface area contributed by atoms with Crippen molar-refractivity contribution in [3.63, 3.8) is 0 Å². The third-order valence-corrected chi connectivity index (χ3v) is 3.04. The van der Waals surface area contributed by atoms with E-state index in [9.17, 15) is 0 Å². The van der Waals surface area contributed by atoms with Crippen molar-refractivity contribution in [1.29, 1.82) is 5.41 Å². The molecular formula is C16H13N3O. The van der Waals surface area contributed by atoms with Gasteiger partial charge in [-0.15, -0.1) is 0 Å². The number of benzene rings is 2. The fourth-order valence-electron chi connectivity index (χ4n) is 2.09. The van der Waals surface area contributed by atoms with Gasteiger partial charge in [0.2, 0.25) is 0 Å². The SMILES string of the molecule is N=C(N)c1ccncc1Oc1cccc2ccccc12. The Morgan fingerprint density at radius 1 is 1.00 bits per heavy atom. The van der Waals surface area contributed by atoms with E-state index >= 15 is 0 Å². The lowest BCUT2D eigenvalue weighted by Gasteiger charge is -2.11. The van der Waals surface area contributed by atoms with Gasteiger partial charge in [-0.3, -0.25) is 10.4 Å². The van der Waals surface area contributed by atoms with Crippen LogP contribution in [-0.2, 0) is 0 Å². The number of nitrogens with one attached hydrogen (secondary N) is 1. The van der Waals surface area contributed by atoms with Crippen molar-refractivity contribution in [2.24, 2.45) is 5.73 Å². The molecule has 4 nitrogen and oxygen atoms in total. The van der Waals surface area contributed by atoms with Gasteiger partial charge in [0.25, 0.3) is 0 Å². The van der Waals surface area contributed by atoms with Gasteiger partial charge in [0.15, 0.2) is 5.75 Å². The molecule has 1 heterocycles. The van der Waals surface area contributed by atoms with Crippen LogP contribution in [0.25, 0.3) is 10.8 Å². The number of nitrogen functional groups attached to an aromatic ring is 1. The minimum Gasteiger partial charge on any atom is -0.454 e. The normalized spacial score (nSPS) is 10.4. The van der Waals surface area contributed by atoms with Gasteiger partial charge in [-0.2, -0.15) is 0 Å². The Bertz CT molecular complexity index is 778. The van der Waals surface area contributed by atoms with E-state index in [0.717, 1.165) is 16.5 Å². The van der Waals surface area contributed by atoms with Crippen LogP contribution in [0.4, 0.5) is 0 Å². The highest BCUT2D eigenvalue weighted by Crippen LogP contribution is 2.30. The monoisotopic (exact) mass is 263 g/mol. The van der Waals surface area contributed by atoms with Crippen LogP contribution in [0.3, 0.4) is 0 Å². The number of hydrogen-bond acceptors (Lipinski definition) is 3. The summed E-state index contributed by atoms with van der Waals surface area (Å²) in [5.41, 5.74) is 6.09. The maximum atomic E-state index is 7.57. The zero-order valence-electron chi connectivity index (χ0n) is 10.7. The largest absolute Gasteiger partial charge is 0.454 e. The highest BCUT2D eigenvalue weighted by atomic mass is 16.5. The lowest BCUT2D eigenvalue weighted by Crippen LogP contribution is -2.12. The molecule has 3 aromatic rings. The van der Waals surface area contributed by atoms with Gasteiger partial charge in [-0.05, 0) is 17.5 Å². The summed E-state index contributed by atoms with van der Waals surface area (Å²) < 4.78 is 5.90. The van der Waals surface area contributed by atoms with E-state index in [-0.39, 0.29) is 5.84 Å². The number of nitrogens with zero attached hydrogens (tertiary/aromatic N) is 1. The smallest absolute Gasteiger partial charge is 0.156 e. The first-order valence-electron chi connectivity index (χ1n) is 6.20. The van der Waals surface area contributed by atoms with Crippen LogP contribution < -0.4 is 10.5 Å². The molecule has 0 amide bonds. The van der Waals surface area contributed by atoms with Crippen molar-refractivity contribution >= 4 is 16.6 Å². The molecule has 0 aliphatic carbocycles. The zero-order chi connectivity index (χ0) is 13.9. The Morgan fingerprint density at radius 2 is 1.80 bits per heavy atom. The lowest BCUT2D eigenvalue weighted by molar-refractivity contribution is 0.484. The van der Waals surface area contributed by atoms with E-state index < -0.39 is 0 Å². The average Bonchev–Trinajstić information content (AvgIpc) is 2.48. The molecule has 0 aliphatic rings. The summed E-state index contributed by atoms with van der Waals surface area (Å²) in [5.74, 6) is 1.16. The summed E-state index contributed by atoms with van der Waals surface area (Å²) in [4.78, 5) is 4.03. The quantitative estimate of drug-likeness (QED) is 0.562. The number of nitrogens with two attached hydrogens (primary N) is 1. The average molecular weight is 263 g/mol. The molecule has 0 saturated carbocycles. The van der Waals surface area contributed by atoms with Crippen molar-refractivity contribution in [1.82, 2.24) is 4.98 Å². The minimum absolute atomic E-state index is 0.0392. The Labute approximate surface area is 116 Å². The summed E-state index contributed by atoms with van der Waals surface area (Å²) in [7, 11) is 0. The van der Waals surface area contributed by atoms with E-state index in [4.69, 9.17) is 15.9 Å². The second-order valence-electron chi connectivity index (χ2n) is 4.36. The van der Waals surface area contributed by atoms with Crippen LogP contribution in [-0.4, -0.2) is 10.8 Å². The van der Waals surface area contributed by atoms with Gasteiger partial charge in [0.1, 0.15) is 11.6 Å². The van der Waals surface area contributed by atoms with E-state index in [0.29, 0.717) is 11.3 Å². The molecule has 0 radical (unpaired) electrons. The van der Waals surface area contributed by atoms with E-state index in [2.05, 4.69) is 4.98 Å². The number of aromatic nitrogens is 1. The Balaban J connectivity index is 2.08. The van der Waals surface area contributed by atoms with Gasteiger partial charge < -0.3 is 10.5 Å². The number of hydrogen-bond donors (Lipinski definition) is 2. The standard InChI is InChI=1S/C16H13N3O/c17-16(18)13-8-9-19-10-15(13)20-14-7-3-5-11-4-1-2-6-12(11)14/h1-10H,(H3,17,18). The van der Waals surface area contributed by atoms with Crippen molar-refractivity contribution in [3.8, 4) is 11.5 Å². The maximum absolute atomic E-state index is 7.57. The van der Waals surface area contributed by atoms with Crippen molar-refractivity contribution in [3.05, 3.63) is 66.5 Å². The molecule has 0 fully saturated rings. The fourth-order valence-corrected chi connectivity index (χ4v) is 2.09. The Hall–Kier alpha value is -2.88. The number of ether oxygens (including phenoxy) is 1. The molecule has 3 rings (SSSR count). The fraction of sp³-hybridized carbons (Fsp3) is 0. The van der Waals surface area contributed by atoms with Crippen molar-refractivity contribution in [2.75, 3.05) is 0 Å². The summed E-state index contributed by atoms with van der Waals surface area (Å²) in [5, 5.41) is 9.68. The zero-order valence-corrected chi connectivity index (χ0v) is 10.7. The molecule has 0 aliphatic heterocycles. The van der Waals surface area contributed by atoms with Crippen LogP contribution in [0.2, 0.25) is 0 Å². The third-order valence-electron chi connectivity index (χ3n) is 3.04. The molecule has 98 valence electrons. The van der Waals surface area contributed by atoms with Gasteiger partial charge in [-0.1, -0.05) is 36.4 Å². The topological polar surface area (TPSA) is 72.0 Å². The first-order chi connectivity index (χ1) is 9.75. The van der Waals surface area contributed by atoms with Gasteiger partial charge in [0.05, 0.1) is 11.8 Å². The predicted molar refractivity (Wildman–Crippen MR) is 79.3 cm³/mol. The molecule has 3 N–H and O–H groups in total. The summed E-state index contributed by atoms with van der Waals surface area (Å²) in [6.45, 7) is 0. The molecule has 0 saturated heterocycles. The summed E-state index contributed by atoms with van der Waals surface area (Å²) in [6.07, 6.45) is 3.16. The summed E-state index contributed by atoms with van der Waals surface area (Å²) >= 11 is 0. The third kappa shape index (κ3) is 2.19. The number of pyridine rings is 1. The van der Waals surface area contributed by atoms with E-state index in [1.807, 2.05) is 42.5 Å². The molecule has 4 heteroatoms. The molecular weight excluding hydrogens is 250 g/mol. The maximum Gasteiger partial charge on any atom is 0.156 e. The summed E-state index contributed by atoms with van der Waals surface area (Å²) in [6, 6.07) is 15.5. The molecule has 0 spiro atoms. The van der Waals surface area contributed by atoms with E-state index in [1.165, 1.54) is 0 Å². The van der Waals surface area contributed by atoms with Crippen molar-refractivity contribution < 1.29 is 4.74 Å². The van der Waals surface area contributed by atoms with Crippen LogP contribution in [0.5, 0.6) is 11.5 Å². The Kier molecular flexibility index (Phi) is 3.05. The lowest BCUT2D eigenvalue weighted by atomic mass is 10.1. The number of fused-ring (bicyclic) bond motifs is 1. The number of amidine groups is 1. The second-order valence-corrected chi connectivity index (χ2v) is 4.36. The van der Waals surface area contributed by atoms with Crippen LogP contribution in [0.15, 0.2) is 60.9 Å². The van der Waals surface area contributed by atoms with Gasteiger partial charge in [-0.25, -0.2) is 0 Å². The first-order valence-corrected chi connectivity index (χ1v) is 6.20. The molecule has 1 aromatic heterocycles. The van der Waals surface area contributed by atoms with Gasteiger partial charge >= 0.3 is 0 Å². The van der Waals surface area contributed by atoms with Crippen LogP contribution in [0, 0.1) is 5.41 Å². The highest BCUT2D eigenvalue weighted by molar-refractivity contribution is 5.97. The second kappa shape index (κ2) is 5.01.